The number of hydrogen-bond acceptors (Lipinski definition) is 2. The van der Waals surface area contributed by atoms with Crippen LogP contribution in [0, 0.1) is 0 Å². The minimum absolute atomic E-state index is 0.0911. The van der Waals surface area contributed by atoms with E-state index in [2.05, 4.69) is 0 Å². The van der Waals surface area contributed by atoms with Crippen molar-refractivity contribution in [1.82, 2.24) is 4.48 Å². The van der Waals surface area contributed by atoms with Gasteiger partial charge in [-0.25, -0.2) is 9.28 Å². The standard InChI is InChI=1S/C11H12Cl2NO2/c1-14(11(15)10(12)13)6-7-16-9-5-3-2-4-8(9)14/h2-5,10H,6-7H2,1H3/q+1. The lowest BCUT2D eigenvalue weighted by Crippen LogP contribution is -2.57. The number of amides is 1. The number of carbonyl (C=O) groups excluding carboxylic acids is 1. The minimum Gasteiger partial charge on any atom is -0.481 e. The van der Waals surface area contributed by atoms with Crippen molar-refractivity contribution in [2.75, 3.05) is 20.2 Å². The molecule has 0 spiro atoms. The number of quaternary nitrogens is 1. The topological polar surface area (TPSA) is 26.3 Å². The number of hydrogen-bond donors (Lipinski definition) is 0. The van der Waals surface area contributed by atoms with E-state index in [-0.39, 0.29) is 10.4 Å². The van der Waals surface area contributed by atoms with Gasteiger partial charge < -0.3 is 4.74 Å². The predicted octanol–water partition coefficient (Wildman–Crippen LogP) is 2.35. The van der Waals surface area contributed by atoms with Gasteiger partial charge in [0, 0.05) is 6.07 Å². The monoisotopic (exact) mass is 260 g/mol. The Morgan fingerprint density at radius 3 is 2.81 bits per heavy atom. The molecule has 0 N–H and O–H groups in total. The van der Waals surface area contributed by atoms with E-state index in [0.29, 0.717) is 13.2 Å². The molecule has 2 rings (SSSR count). The fourth-order valence-corrected chi connectivity index (χ4v) is 2.32. The lowest BCUT2D eigenvalue weighted by atomic mass is 10.2. The number of alkyl halides is 2. The Balaban J connectivity index is 2.48. The quantitative estimate of drug-likeness (QED) is 0.573. The number of benzene rings is 1. The van der Waals surface area contributed by atoms with E-state index < -0.39 is 4.84 Å². The summed E-state index contributed by atoms with van der Waals surface area (Å²) < 4.78 is 5.59. The SMILES string of the molecule is C[N+]1(C(=O)C(Cl)Cl)CCOc2ccccc21. The lowest BCUT2D eigenvalue weighted by Gasteiger charge is -2.35. The molecule has 16 heavy (non-hydrogen) atoms. The highest BCUT2D eigenvalue weighted by Crippen LogP contribution is 2.36. The van der Waals surface area contributed by atoms with Crippen LogP contribution >= 0.6 is 23.2 Å². The number of para-hydroxylation sites is 2. The first-order valence-electron chi connectivity index (χ1n) is 4.96. The molecule has 1 heterocycles. The molecular weight excluding hydrogens is 249 g/mol. The average molecular weight is 261 g/mol. The smallest absolute Gasteiger partial charge is 0.351 e. The van der Waals surface area contributed by atoms with Crippen LogP contribution in [0.5, 0.6) is 5.75 Å². The Morgan fingerprint density at radius 1 is 1.44 bits per heavy atom. The van der Waals surface area contributed by atoms with E-state index in [1.807, 2.05) is 24.3 Å². The summed E-state index contributed by atoms with van der Waals surface area (Å²) in [6.07, 6.45) is 0. The summed E-state index contributed by atoms with van der Waals surface area (Å²) in [5.74, 6) is 0.498. The Bertz CT molecular complexity index is 422. The van der Waals surface area contributed by atoms with Crippen molar-refractivity contribution in [2.24, 2.45) is 0 Å². The Morgan fingerprint density at radius 2 is 2.12 bits per heavy atom. The minimum atomic E-state index is -1.02. The van der Waals surface area contributed by atoms with Gasteiger partial charge in [0.15, 0.2) is 11.4 Å². The predicted molar refractivity (Wildman–Crippen MR) is 65.0 cm³/mol. The molecule has 0 bridgehead atoms. The lowest BCUT2D eigenvalue weighted by molar-refractivity contribution is -0.128. The van der Waals surface area contributed by atoms with Crippen LogP contribution in [0.4, 0.5) is 5.69 Å². The van der Waals surface area contributed by atoms with Crippen LogP contribution < -0.4 is 9.22 Å². The van der Waals surface area contributed by atoms with Gasteiger partial charge in [-0.3, -0.25) is 0 Å². The number of carbonyl (C=O) groups is 1. The molecule has 3 nitrogen and oxygen atoms in total. The number of rotatable bonds is 1. The number of likely N-dealkylation sites (N-methyl/N-ethyl adjacent to an activating group) is 1. The Labute approximate surface area is 104 Å². The summed E-state index contributed by atoms with van der Waals surface area (Å²) in [5, 5.41) is 0. The van der Waals surface area contributed by atoms with Gasteiger partial charge in [-0.1, -0.05) is 35.3 Å². The molecule has 5 heteroatoms. The van der Waals surface area contributed by atoms with E-state index in [1.165, 1.54) is 0 Å². The molecule has 86 valence electrons. The fraction of sp³-hybridized carbons (Fsp3) is 0.364. The van der Waals surface area contributed by atoms with Crippen LogP contribution in [0.1, 0.15) is 0 Å². The third-order valence-electron chi connectivity index (χ3n) is 2.87. The first kappa shape index (κ1) is 11.7. The van der Waals surface area contributed by atoms with Crippen LogP contribution in [0.25, 0.3) is 0 Å². The molecule has 0 aliphatic carbocycles. The average Bonchev–Trinajstić information content (AvgIpc) is 2.28. The first-order chi connectivity index (χ1) is 7.55. The van der Waals surface area contributed by atoms with Crippen molar-refractivity contribution in [3.63, 3.8) is 0 Å². The number of halogens is 2. The number of nitrogens with zero attached hydrogens (tertiary/aromatic N) is 1. The molecule has 0 aromatic heterocycles. The highest BCUT2D eigenvalue weighted by molar-refractivity contribution is 6.54. The van der Waals surface area contributed by atoms with E-state index in [4.69, 9.17) is 27.9 Å². The molecule has 1 aliphatic heterocycles. The number of fused-ring (bicyclic) bond motifs is 1. The van der Waals surface area contributed by atoms with E-state index in [1.54, 1.807) is 7.05 Å². The van der Waals surface area contributed by atoms with Crippen LogP contribution in [0.2, 0.25) is 0 Å². The van der Waals surface area contributed by atoms with Crippen LogP contribution in [-0.4, -0.2) is 30.9 Å². The molecule has 0 fully saturated rings. The zero-order valence-corrected chi connectivity index (χ0v) is 10.3. The molecule has 0 radical (unpaired) electrons. The van der Waals surface area contributed by atoms with E-state index in [9.17, 15) is 4.79 Å². The van der Waals surface area contributed by atoms with Gasteiger partial charge in [-0.15, -0.1) is 0 Å². The van der Waals surface area contributed by atoms with Gasteiger partial charge in [0.05, 0.1) is 7.05 Å². The van der Waals surface area contributed by atoms with Gasteiger partial charge in [-0.2, -0.15) is 0 Å². The van der Waals surface area contributed by atoms with Gasteiger partial charge in [-0.05, 0) is 6.07 Å². The van der Waals surface area contributed by atoms with E-state index >= 15 is 0 Å². The normalized spacial score (nSPS) is 23.8. The van der Waals surface area contributed by atoms with Crippen LogP contribution in [0.15, 0.2) is 24.3 Å². The second-order valence-corrected chi connectivity index (χ2v) is 4.97. The largest absolute Gasteiger partial charge is 0.481 e. The Hall–Kier alpha value is -0.770. The zero-order chi connectivity index (χ0) is 11.8. The van der Waals surface area contributed by atoms with Crippen molar-refractivity contribution in [3.8, 4) is 5.75 Å². The summed E-state index contributed by atoms with van der Waals surface area (Å²) in [6, 6.07) is 7.45. The van der Waals surface area contributed by atoms with Crippen LogP contribution in [0.3, 0.4) is 0 Å². The Kier molecular flexibility index (Phi) is 3.10. The molecular formula is C11H12Cl2NO2+. The highest BCUT2D eigenvalue weighted by atomic mass is 35.5. The van der Waals surface area contributed by atoms with Crippen molar-refractivity contribution in [2.45, 2.75) is 4.84 Å². The third-order valence-corrected chi connectivity index (χ3v) is 3.24. The summed E-state index contributed by atoms with van der Waals surface area (Å²) in [4.78, 5) is 11.0. The van der Waals surface area contributed by atoms with Crippen molar-refractivity contribution < 1.29 is 9.53 Å². The highest BCUT2D eigenvalue weighted by Gasteiger charge is 2.42. The molecule has 1 amide bonds. The van der Waals surface area contributed by atoms with E-state index in [0.717, 1.165) is 11.4 Å². The maximum atomic E-state index is 12.0. The molecule has 0 saturated heterocycles. The first-order valence-corrected chi connectivity index (χ1v) is 5.83. The molecule has 1 aromatic rings. The summed E-state index contributed by atoms with van der Waals surface area (Å²) in [7, 11) is 1.81. The van der Waals surface area contributed by atoms with Gasteiger partial charge in [0.25, 0.3) is 0 Å². The fourth-order valence-electron chi connectivity index (χ4n) is 1.89. The molecule has 1 aromatic carbocycles. The van der Waals surface area contributed by atoms with Crippen molar-refractivity contribution >= 4 is 34.8 Å². The van der Waals surface area contributed by atoms with Crippen molar-refractivity contribution in [3.05, 3.63) is 24.3 Å². The summed E-state index contributed by atoms with van der Waals surface area (Å²) in [5.41, 5.74) is 0.810. The maximum Gasteiger partial charge on any atom is 0.351 e. The maximum absolute atomic E-state index is 12.0. The zero-order valence-electron chi connectivity index (χ0n) is 8.82. The molecule has 1 atom stereocenters. The van der Waals surface area contributed by atoms with Crippen LogP contribution in [-0.2, 0) is 4.79 Å². The number of ether oxygens (including phenoxy) is 1. The van der Waals surface area contributed by atoms with Gasteiger partial charge in [0.2, 0.25) is 4.84 Å². The molecule has 1 unspecified atom stereocenters. The third kappa shape index (κ3) is 1.79. The summed E-state index contributed by atoms with van der Waals surface area (Å²) in [6.45, 7) is 1.03. The second kappa shape index (κ2) is 4.24. The second-order valence-electron chi connectivity index (χ2n) is 3.87. The van der Waals surface area contributed by atoms with Gasteiger partial charge >= 0.3 is 5.91 Å². The van der Waals surface area contributed by atoms with Crippen molar-refractivity contribution in [1.29, 1.82) is 0 Å². The molecule has 1 aliphatic rings. The summed E-state index contributed by atoms with van der Waals surface area (Å²) >= 11 is 11.4. The molecule has 0 saturated carbocycles. The van der Waals surface area contributed by atoms with Gasteiger partial charge in [0.1, 0.15) is 13.2 Å².